The Balaban J connectivity index is 2.42. The van der Waals surface area contributed by atoms with Crippen molar-refractivity contribution in [2.24, 2.45) is 0 Å². The Morgan fingerprint density at radius 2 is 2.46 bits per heavy atom. The molecule has 1 aliphatic heterocycles. The lowest BCUT2D eigenvalue weighted by atomic mass is 10.2. The number of alkyl halides is 1. The van der Waals surface area contributed by atoms with Gasteiger partial charge in [-0.15, -0.1) is 16.7 Å². The first-order valence-corrected chi connectivity index (χ1v) is 4.44. The standard InChI is InChI=1S/C7H8ClN3O2/c8-4-2-1-3-11-6(4)9-5(10-11)7(12)13/h4H,1-3H2,(H,12,13). The second kappa shape index (κ2) is 2.99. The molecule has 13 heavy (non-hydrogen) atoms. The van der Waals surface area contributed by atoms with Crippen molar-refractivity contribution in [2.45, 2.75) is 24.8 Å². The second-order valence-electron chi connectivity index (χ2n) is 2.93. The summed E-state index contributed by atoms with van der Waals surface area (Å²) in [6.45, 7) is 0.707. The summed E-state index contributed by atoms with van der Waals surface area (Å²) < 4.78 is 1.57. The molecule has 70 valence electrons. The van der Waals surface area contributed by atoms with Gasteiger partial charge in [0, 0.05) is 6.54 Å². The Morgan fingerprint density at radius 3 is 3.08 bits per heavy atom. The number of hydrogen-bond acceptors (Lipinski definition) is 3. The maximum atomic E-state index is 10.5. The third-order valence-corrected chi connectivity index (χ3v) is 2.41. The van der Waals surface area contributed by atoms with Crippen LogP contribution < -0.4 is 0 Å². The molecular formula is C7H8ClN3O2. The van der Waals surface area contributed by atoms with Gasteiger partial charge in [-0.2, -0.15) is 0 Å². The van der Waals surface area contributed by atoms with Crippen LogP contribution in [-0.4, -0.2) is 25.8 Å². The Labute approximate surface area is 79.3 Å². The number of aromatic nitrogens is 3. The molecule has 0 amide bonds. The first-order chi connectivity index (χ1) is 6.18. The third-order valence-electron chi connectivity index (χ3n) is 2.00. The fourth-order valence-corrected chi connectivity index (χ4v) is 1.71. The number of carboxylic acids is 1. The molecule has 0 bridgehead atoms. The van der Waals surface area contributed by atoms with Crippen molar-refractivity contribution >= 4 is 17.6 Å². The maximum absolute atomic E-state index is 10.5. The van der Waals surface area contributed by atoms with Gasteiger partial charge in [-0.1, -0.05) is 0 Å². The molecule has 0 spiro atoms. The predicted octanol–water partition coefficient (Wildman–Crippen LogP) is 1.05. The molecule has 0 radical (unpaired) electrons. The lowest BCUT2D eigenvalue weighted by Gasteiger charge is -2.15. The van der Waals surface area contributed by atoms with E-state index in [0.29, 0.717) is 12.4 Å². The van der Waals surface area contributed by atoms with E-state index >= 15 is 0 Å². The summed E-state index contributed by atoms with van der Waals surface area (Å²) in [6, 6.07) is 0. The SMILES string of the molecule is O=C(O)c1nc2n(n1)CCCC2Cl. The van der Waals surface area contributed by atoms with Gasteiger partial charge < -0.3 is 5.11 Å². The van der Waals surface area contributed by atoms with Gasteiger partial charge in [-0.05, 0) is 12.8 Å². The summed E-state index contributed by atoms with van der Waals surface area (Å²) in [4.78, 5) is 14.4. The van der Waals surface area contributed by atoms with Crippen LogP contribution in [0.4, 0.5) is 0 Å². The van der Waals surface area contributed by atoms with E-state index in [1.807, 2.05) is 0 Å². The average Bonchev–Trinajstić information content (AvgIpc) is 2.49. The van der Waals surface area contributed by atoms with Crippen LogP contribution in [0.1, 0.15) is 34.7 Å². The van der Waals surface area contributed by atoms with Crippen molar-refractivity contribution in [3.8, 4) is 0 Å². The summed E-state index contributed by atoms with van der Waals surface area (Å²) in [6.07, 6.45) is 1.75. The summed E-state index contributed by atoms with van der Waals surface area (Å²) in [5.41, 5.74) is 0. The zero-order valence-corrected chi connectivity index (χ0v) is 7.53. The quantitative estimate of drug-likeness (QED) is 0.690. The summed E-state index contributed by atoms with van der Waals surface area (Å²) >= 11 is 5.95. The van der Waals surface area contributed by atoms with Crippen LogP contribution in [0.2, 0.25) is 0 Å². The zero-order chi connectivity index (χ0) is 9.42. The molecule has 6 heteroatoms. The average molecular weight is 202 g/mol. The molecule has 0 fully saturated rings. The molecule has 0 aliphatic carbocycles. The van der Waals surface area contributed by atoms with Crippen LogP contribution in [0.25, 0.3) is 0 Å². The molecule has 0 saturated heterocycles. The Kier molecular flexibility index (Phi) is 1.95. The fraction of sp³-hybridized carbons (Fsp3) is 0.571. The molecule has 2 rings (SSSR count). The number of aryl methyl sites for hydroxylation is 1. The highest BCUT2D eigenvalue weighted by Crippen LogP contribution is 2.28. The Bertz CT molecular complexity index is 350. The highest BCUT2D eigenvalue weighted by molar-refractivity contribution is 6.20. The minimum atomic E-state index is -1.11. The maximum Gasteiger partial charge on any atom is 0.375 e. The minimum Gasteiger partial charge on any atom is -0.475 e. The Hall–Kier alpha value is -1.10. The Morgan fingerprint density at radius 1 is 1.69 bits per heavy atom. The molecule has 1 aliphatic rings. The van der Waals surface area contributed by atoms with Crippen LogP contribution >= 0.6 is 11.6 Å². The van der Waals surface area contributed by atoms with E-state index in [-0.39, 0.29) is 11.2 Å². The lowest BCUT2D eigenvalue weighted by molar-refractivity contribution is 0.0683. The number of rotatable bonds is 1. The molecule has 1 N–H and O–H groups in total. The smallest absolute Gasteiger partial charge is 0.375 e. The van der Waals surface area contributed by atoms with E-state index in [1.54, 1.807) is 4.68 Å². The van der Waals surface area contributed by atoms with E-state index in [1.165, 1.54) is 0 Å². The highest BCUT2D eigenvalue weighted by atomic mass is 35.5. The molecule has 1 aromatic heterocycles. The van der Waals surface area contributed by atoms with Crippen molar-refractivity contribution in [1.82, 2.24) is 14.8 Å². The summed E-state index contributed by atoms with van der Waals surface area (Å²) in [5.74, 6) is -0.696. The van der Waals surface area contributed by atoms with Gasteiger partial charge in [-0.3, -0.25) is 0 Å². The topological polar surface area (TPSA) is 68.0 Å². The largest absolute Gasteiger partial charge is 0.475 e. The second-order valence-corrected chi connectivity index (χ2v) is 3.46. The summed E-state index contributed by atoms with van der Waals surface area (Å²) in [5, 5.41) is 12.3. The monoisotopic (exact) mass is 201 g/mol. The fourth-order valence-electron chi connectivity index (χ4n) is 1.39. The van der Waals surface area contributed by atoms with Gasteiger partial charge in [0.25, 0.3) is 5.82 Å². The molecule has 5 nitrogen and oxygen atoms in total. The molecule has 1 atom stereocenters. The first kappa shape index (κ1) is 8.50. The summed E-state index contributed by atoms with van der Waals surface area (Å²) in [7, 11) is 0. The number of aromatic carboxylic acids is 1. The number of nitrogens with zero attached hydrogens (tertiary/aromatic N) is 3. The van der Waals surface area contributed by atoms with E-state index in [4.69, 9.17) is 16.7 Å². The van der Waals surface area contributed by atoms with Crippen LogP contribution in [0.5, 0.6) is 0 Å². The van der Waals surface area contributed by atoms with Gasteiger partial charge in [0.1, 0.15) is 5.82 Å². The number of carboxylic acid groups (broad SMARTS) is 1. The van der Waals surface area contributed by atoms with E-state index in [0.717, 1.165) is 12.8 Å². The minimum absolute atomic E-state index is 0.164. The number of carbonyl (C=O) groups is 1. The van der Waals surface area contributed by atoms with Gasteiger partial charge >= 0.3 is 5.97 Å². The van der Waals surface area contributed by atoms with Crippen molar-refractivity contribution in [1.29, 1.82) is 0 Å². The van der Waals surface area contributed by atoms with Crippen molar-refractivity contribution < 1.29 is 9.90 Å². The van der Waals surface area contributed by atoms with Crippen LogP contribution in [0.15, 0.2) is 0 Å². The van der Waals surface area contributed by atoms with Gasteiger partial charge in [0.2, 0.25) is 0 Å². The zero-order valence-electron chi connectivity index (χ0n) is 6.77. The van der Waals surface area contributed by atoms with Crippen LogP contribution in [0, 0.1) is 0 Å². The third kappa shape index (κ3) is 1.39. The molecule has 0 aromatic carbocycles. The van der Waals surface area contributed by atoms with Gasteiger partial charge in [0.15, 0.2) is 0 Å². The van der Waals surface area contributed by atoms with Crippen LogP contribution in [0.3, 0.4) is 0 Å². The van der Waals surface area contributed by atoms with Crippen molar-refractivity contribution in [3.63, 3.8) is 0 Å². The lowest BCUT2D eigenvalue weighted by Crippen LogP contribution is -2.13. The number of fused-ring (bicyclic) bond motifs is 1. The molecule has 2 heterocycles. The highest BCUT2D eigenvalue weighted by Gasteiger charge is 2.24. The molecule has 0 saturated carbocycles. The van der Waals surface area contributed by atoms with Crippen LogP contribution in [-0.2, 0) is 6.54 Å². The van der Waals surface area contributed by atoms with Gasteiger partial charge in [-0.25, -0.2) is 14.5 Å². The van der Waals surface area contributed by atoms with Crippen molar-refractivity contribution in [2.75, 3.05) is 0 Å². The van der Waals surface area contributed by atoms with Crippen molar-refractivity contribution in [3.05, 3.63) is 11.6 Å². The predicted molar refractivity (Wildman–Crippen MR) is 44.8 cm³/mol. The first-order valence-electron chi connectivity index (χ1n) is 4.00. The number of hydrogen-bond donors (Lipinski definition) is 1. The van der Waals surface area contributed by atoms with E-state index < -0.39 is 5.97 Å². The van der Waals surface area contributed by atoms with E-state index in [9.17, 15) is 4.79 Å². The molecule has 1 unspecified atom stereocenters. The molecule has 1 aromatic rings. The number of halogens is 1. The van der Waals surface area contributed by atoms with E-state index in [2.05, 4.69) is 10.1 Å². The normalized spacial score (nSPS) is 21.2. The van der Waals surface area contributed by atoms with Gasteiger partial charge in [0.05, 0.1) is 5.38 Å². The molecular weight excluding hydrogens is 194 g/mol.